The van der Waals surface area contributed by atoms with Crippen LogP contribution in [-0.2, 0) is 0 Å². The predicted molar refractivity (Wildman–Crippen MR) is 60.2 cm³/mol. The highest BCUT2D eigenvalue weighted by Gasteiger charge is 2.19. The second kappa shape index (κ2) is 4.64. The summed E-state index contributed by atoms with van der Waals surface area (Å²) in [6, 6.07) is 7.18. The minimum atomic E-state index is 0.0297. The second-order valence-corrected chi connectivity index (χ2v) is 3.93. The first-order valence-corrected chi connectivity index (χ1v) is 5.41. The number of rotatable bonds is 1. The molecule has 0 bridgehead atoms. The zero-order valence-corrected chi connectivity index (χ0v) is 9.13. The molecule has 0 radical (unpaired) electrons. The Labute approximate surface area is 94.0 Å². The van der Waals surface area contributed by atoms with Gasteiger partial charge < -0.3 is 10.2 Å². The molecule has 0 aromatic heterocycles. The monoisotopic (exact) mass is 224 g/mol. The fourth-order valence-corrected chi connectivity index (χ4v) is 1.89. The van der Waals surface area contributed by atoms with E-state index in [4.69, 9.17) is 11.6 Å². The van der Waals surface area contributed by atoms with Crippen LogP contribution in [0.25, 0.3) is 0 Å². The van der Waals surface area contributed by atoms with Gasteiger partial charge in [-0.2, -0.15) is 0 Å². The number of nitrogens with zero attached hydrogens (tertiary/aromatic N) is 1. The largest absolute Gasteiger partial charge is 0.336 e. The Hall–Kier alpha value is -1.06. The molecule has 1 aromatic carbocycles. The van der Waals surface area contributed by atoms with Crippen molar-refractivity contribution in [2.45, 2.75) is 0 Å². The molecule has 0 saturated carbocycles. The Morgan fingerprint density at radius 2 is 1.93 bits per heavy atom. The van der Waals surface area contributed by atoms with E-state index in [2.05, 4.69) is 5.32 Å². The van der Waals surface area contributed by atoms with Crippen molar-refractivity contribution in [1.29, 1.82) is 0 Å². The highest BCUT2D eigenvalue weighted by atomic mass is 35.5. The van der Waals surface area contributed by atoms with Crippen molar-refractivity contribution in [3.05, 3.63) is 34.9 Å². The number of piperazine rings is 1. The van der Waals surface area contributed by atoms with Gasteiger partial charge in [-0.05, 0) is 12.1 Å². The van der Waals surface area contributed by atoms with Gasteiger partial charge in [0.2, 0.25) is 0 Å². The molecule has 0 spiro atoms. The van der Waals surface area contributed by atoms with E-state index in [1.807, 2.05) is 17.0 Å². The Balaban J connectivity index is 2.16. The molecular weight excluding hydrogens is 212 g/mol. The van der Waals surface area contributed by atoms with Gasteiger partial charge >= 0.3 is 0 Å². The number of benzene rings is 1. The fourth-order valence-electron chi connectivity index (χ4n) is 1.67. The molecule has 1 heterocycles. The van der Waals surface area contributed by atoms with E-state index in [0.29, 0.717) is 10.6 Å². The first-order valence-electron chi connectivity index (χ1n) is 5.03. The maximum absolute atomic E-state index is 12.0. The van der Waals surface area contributed by atoms with Gasteiger partial charge in [-0.15, -0.1) is 0 Å². The van der Waals surface area contributed by atoms with Gasteiger partial charge in [-0.1, -0.05) is 23.7 Å². The topological polar surface area (TPSA) is 32.3 Å². The van der Waals surface area contributed by atoms with Crippen LogP contribution < -0.4 is 5.32 Å². The first-order chi connectivity index (χ1) is 7.29. The lowest BCUT2D eigenvalue weighted by molar-refractivity contribution is 0.0736. The summed E-state index contributed by atoms with van der Waals surface area (Å²) < 4.78 is 0. The molecular formula is C11H13ClN2O. The average molecular weight is 225 g/mol. The number of hydrogen-bond donors (Lipinski definition) is 1. The molecule has 1 amide bonds. The molecule has 0 unspecified atom stereocenters. The van der Waals surface area contributed by atoms with Crippen molar-refractivity contribution in [3.8, 4) is 0 Å². The molecule has 0 aliphatic carbocycles. The molecule has 1 fully saturated rings. The summed E-state index contributed by atoms with van der Waals surface area (Å²) in [7, 11) is 0. The van der Waals surface area contributed by atoms with Crippen LogP contribution in [0.3, 0.4) is 0 Å². The van der Waals surface area contributed by atoms with Gasteiger partial charge in [0.1, 0.15) is 0 Å². The summed E-state index contributed by atoms with van der Waals surface area (Å²) in [6.07, 6.45) is 0. The Bertz CT molecular complexity index is 361. The number of hydrogen-bond acceptors (Lipinski definition) is 2. The number of amides is 1. The Morgan fingerprint density at radius 1 is 1.27 bits per heavy atom. The van der Waals surface area contributed by atoms with E-state index in [0.717, 1.165) is 26.2 Å². The van der Waals surface area contributed by atoms with Crippen LogP contribution in [0.5, 0.6) is 0 Å². The van der Waals surface area contributed by atoms with Crippen molar-refractivity contribution in [2.75, 3.05) is 26.2 Å². The summed E-state index contributed by atoms with van der Waals surface area (Å²) in [5.74, 6) is 0.0297. The van der Waals surface area contributed by atoms with Crippen LogP contribution in [0.2, 0.25) is 5.02 Å². The summed E-state index contributed by atoms with van der Waals surface area (Å²) in [5.41, 5.74) is 0.598. The van der Waals surface area contributed by atoms with E-state index < -0.39 is 0 Å². The van der Waals surface area contributed by atoms with Gasteiger partial charge in [-0.3, -0.25) is 4.79 Å². The molecule has 3 nitrogen and oxygen atoms in total. The van der Waals surface area contributed by atoms with E-state index in [-0.39, 0.29) is 5.91 Å². The lowest BCUT2D eigenvalue weighted by Crippen LogP contribution is -2.46. The average Bonchev–Trinajstić information content (AvgIpc) is 2.30. The van der Waals surface area contributed by atoms with Gasteiger partial charge in [-0.25, -0.2) is 0 Å². The molecule has 4 heteroatoms. The lowest BCUT2D eigenvalue weighted by atomic mass is 10.2. The summed E-state index contributed by atoms with van der Waals surface area (Å²) in [5, 5.41) is 3.74. The standard InChI is InChI=1S/C11H13ClN2O/c12-10-4-2-1-3-9(10)11(15)14-7-5-13-6-8-14/h1-4,13H,5-8H2. The molecule has 1 aliphatic heterocycles. The van der Waals surface area contributed by atoms with Crippen LogP contribution in [0.4, 0.5) is 0 Å². The fraction of sp³-hybridized carbons (Fsp3) is 0.364. The van der Waals surface area contributed by atoms with Crippen LogP contribution >= 0.6 is 11.6 Å². The van der Waals surface area contributed by atoms with Gasteiger partial charge in [0.15, 0.2) is 0 Å². The van der Waals surface area contributed by atoms with Gasteiger partial charge in [0.25, 0.3) is 5.91 Å². The van der Waals surface area contributed by atoms with E-state index in [1.54, 1.807) is 12.1 Å². The maximum Gasteiger partial charge on any atom is 0.255 e. The van der Waals surface area contributed by atoms with Gasteiger partial charge in [0.05, 0.1) is 10.6 Å². The second-order valence-electron chi connectivity index (χ2n) is 3.52. The minimum Gasteiger partial charge on any atom is -0.336 e. The summed E-state index contributed by atoms with van der Waals surface area (Å²) in [6.45, 7) is 3.22. The minimum absolute atomic E-state index is 0.0297. The van der Waals surface area contributed by atoms with Gasteiger partial charge in [0, 0.05) is 26.2 Å². The summed E-state index contributed by atoms with van der Waals surface area (Å²) in [4.78, 5) is 13.9. The van der Waals surface area contributed by atoms with E-state index in [9.17, 15) is 4.79 Å². The highest BCUT2D eigenvalue weighted by Crippen LogP contribution is 2.17. The van der Waals surface area contributed by atoms with Crippen LogP contribution in [0, 0.1) is 0 Å². The first kappa shape index (κ1) is 10.5. The molecule has 0 atom stereocenters. The zero-order chi connectivity index (χ0) is 10.7. The molecule has 2 rings (SSSR count). The quantitative estimate of drug-likeness (QED) is 0.782. The summed E-state index contributed by atoms with van der Waals surface area (Å²) >= 11 is 5.98. The number of nitrogens with one attached hydrogen (secondary N) is 1. The van der Waals surface area contributed by atoms with Crippen molar-refractivity contribution in [1.82, 2.24) is 10.2 Å². The molecule has 80 valence electrons. The third-order valence-electron chi connectivity index (χ3n) is 2.51. The van der Waals surface area contributed by atoms with E-state index >= 15 is 0 Å². The maximum atomic E-state index is 12.0. The Morgan fingerprint density at radius 3 is 2.60 bits per heavy atom. The van der Waals surface area contributed by atoms with Crippen molar-refractivity contribution in [2.24, 2.45) is 0 Å². The van der Waals surface area contributed by atoms with Crippen LogP contribution in [0.1, 0.15) is 10.4 Å². The van der Waals surface area contributed by atoms with E-state index in [1.165, 1.54) is 0 Å². The molecule has 1 saturated heterocycles. The van der Waals surface area contributed by atoms with Crippen molar-refractivity contribution >= 4 is 17.5 Å². The van der Waals surface area contributed by atoms with Crippen molar-refractivity contribution < 1.29 is 4.79 Å². The van der Waals surface area contributed by atoms with Crippen molar-refractivity contribution in [3.63, 3.8) is 0 Å². The lowest BCUT2D eigenvalue weighted by Gasteiger charge is -2.27. The molecule has 1 N–H and O–H groups in total. The zero-order valence-electron chi connectivity index (χ0n) is 8.37. The Kier molecular flexibility index (Phi) is 3.23. The van der Waals surface area contributed by atoms with Crippen LogP contribution in [0.15, 0.2) is 24.3 Å². The molecule has 1 aliphatic rings. The number of carbonyl (C=O) groups is 1. The third-order valence-corrected chi connectivity index (χ3v) is 2.84. The number of halogens is 1. The molecule has 15 heavy (non-hydrogen) atoms. The molecule has 1 aromatic rings. The predicted octanol–water partition coefficient (Wildman–Crippen LogP) is 1.39. The third kappa shape index (κ3) is 2.30. The number of carbonyl (C=O) groups excluding carboxylic acids is 1. The smallest absolute Gasteiger partial charge is 0.255 e. The SMILES string of the molecule is O=C(c1ccccc1Cl)N1CCNCC1. The normalized spacial score (nSPS) is 16.5. The highest BCUT2D eigenvalue weighted by molar-refractivity contribution is 6.33. The van der Waals surface area contributed by atoms with Crippen LogP contribution in [-0.4, -0.2) is 37.0 Å².